The smallest absolute Gasteiger partial charge is 0.248 e. The molecule has 0 radical (unpaired) electrons. The molecule has 20 heavy (non-hydrogen) atoms. The number of nitrogens with one attached hydrogen (secondary N) is 1. The van der Waals surface area contributed by atoms with Gasteiger partial charge < -0.3 is 11.1 Å². The van der Waals surface area contributed by atoms with Gasteiger partial charge >= 0.3 is 0 Å². The zero-order chi connectivity index (χ0) is 14.5. The number of benzene rings is 1. The van der Waals surface area contributed by atoms with E-state index in [0.717, 1.165) is 18.0 Å². The van der Waals surface area contributed by atoms with Crippen LogP contribution in [0.25, 0.3) is 0 Å². The van der Waals surface area contributed by atoms with Gasteiger partial charge in [-0.05, 0) is 43.4 Å². The molecule has 110 valence electrons. The van der Waals surface area contributed by atoms with Crippen LogP contribution in [0.2, 0.25) is 5.02 Å². The maximum Gasteiger partial charge on any atom is 0.248 e. The van der Waals surface area contributed by atoms with Gasteiger partial charge in [0.05, 0.1) is 0 Å². The minimum Gasteiger partial charge on any atom is -0.366 e. The van der Waals surface area contributed by atoms with Gasteiger partial charge in [-0.15, -0.1) is 0 Å². The van der Waals surface area contributed by atoms with E-state index in [1.807, 2.05) is 6.07 Å². The first kappa shape index (κ1) is 15.3. The first-order chi connectivity index (χ1) is 9.58. The van der Waals surface area contributed by atoms with Crippen LogP contribution in [0.15, 0.2) is 18.2 Å². The van der Waals surface area contributed by atoms with Crippen molar-refractivity contribution < 1.29 is 4.79 Å². The van der Waals surface area contributed by atoms with Gasteiger partial charge in [0.25, 0.3) is 0 Å². The summed E-state index contributed by atoms with van der Waals surface area (Å²) < 4.78 is 0. The Morgan fingerprint density at radius 2 is 2.10 bits per heavy atom. The van der Waals surface area contributed by atoms with Gasteiger partial charge in [0.2, 0.25) is 5.91 Å². The molecule has 1 aliphatic carbocycles. The lowest BCUT2D eigenvalue weighted by atomic mass is 9.84. The normalized spacial score (nSPS) is 17.9. The average Bonchev–Trinajstić information content (AvgIpc) is 2.46. The van der Waals surface area contributed by atoms with Crippen LogP contribution in [0.4, 0.5) is 0 Å². The SMILES string of the molecule is CC(NCc1ccc(C(N)=O)cc1Cl)C1CCCCC1. The quantitative estimate of drug-likeness (QED) is 0.873. The molecule has 1 fully saturated rings. The van der Waals surface area contributed by atoms with Gasteiger partial charge in [-0.2, -0.15) is 0 Å². The monoisotopic (exact) mass is 294 g/mol. The highest BCUT2D eigenvalue weighted by Gasteiger charge is 2.19. The second kappa shape index (κ2) is 7.09. The molecule has 0 spiro atoms. The molecule has 1 aliphatic rings. The van der Waals surface area contributed by atoms with E-state index in [1.54, 1.807) is 12.1 Å². The number of hydrogen-bond acceptors (Lipinski definition) is 2. The second-order valence-corrected chi connectivity index (χ2v) is 6.15. The fourth-order valence-corrected chi connectivity index (χ4v) is 3.16. The number of carbonyl (C=O) groups is 1. The van der Waals surface area contributed by atoms with Crippen LogP contribution >= 0.6 is 11.6 Å². The summed E-state index contributed by atoms with van der Waals surface area (Å²) in [6, 6.07) is 5.76. The van der Waals surface area contributed by atoms with E-state index in [2.05, 4.69) is 12.2 Å². The third-order valence-electron chi connectivity index (χ3n) is 4.31. The number of amides is 1. The highest BCUT2D eigenvalue weighted by Crippen LogP contribution is 2.26. The third-order valence-corrected chi connectivity index (χ3v) is 4.66. The lowest BCUT2D eigenvalue weighted by molar-refractivity contribution is 0.100. The Bertz CT molecular complexity index is 470. The van der Waals surface area contributed by atoms with E-state index in [1.165, 1.54) is 32.1 Å². The van der Waals surface area contributed by atoms with Crippen LogP contribution in [-0.4, -0.2) is 11.9 Å². The molecular weight excluding hydrogens is 272 g/mol. The zero-order valence-corrected chi connectivity index (χ0v) is 12.7. The lowest BCUT2D eigenvalue weighted by Crippen LogP contribution is -2.34. The Morgan fingerprint density at radius 1 is 1.40 bits per heavy atom. The number of carbonyl (C=O) groups excluding carboxylic acids is 1. The van der Waals surface area contributed by atoms with Crippen LogP contribution in [0.5, 0.6) is 0 Å². The molecule has 1 aromatic rings. The van der Waals surface area contributed by atoms with E-state index in [4.69, 9.17) is 17.3 Å². The maximum absolute atomic E-state index is 11.1. The summed E-state index contributed by atoms with van der Waals surface area (Å²) in [7, 11) is 0. The van der Waals surface area contributed by atoms with E-state index in [0.29, 0.717) is 16.6 Å². The summed E-state index contributed by atoms with van der Waals surface area (Å²) >= 11 is 6.19. The first-order valence-electron chi connectivity index (χ1n) is 7.39. The van der Waals surface area contributed by atoms with Crippen LogP contribution in [-0.2, 0) is 6.54 Å². The first-order valence-corrected chi connectivity index (χ1v) is 7.77. The summed E-state index contributed by atoms with van der Waals surface area (Å²) in [6.07, 6.45) is 6.73. The lowest BCUT2D eigenvalue weighted by Gasteiger charge is -2.28. The second-order valence-electron chi connectivity index (χ2n) is 5.74. The van der Waals surface area contributed by atoms with E-state index < -0.39 is 5.91 Å². The van der Waals surface area contributed by atoms with Crippen LogP contribution < -0.4 is 11.1 Å². The number of rotatable bonds is 5. The zero-order valence-electron chi connectivity index (χ0n) is 12.0. The van der Waals surface area contributed by atoms with Gasteiger partial charge in [-0.25, -0.2) is 0 Å². The fraction of sp³-hybridized carbons (Fsp3) is 0.562. The van der Waals surface area contributed by atoms with E-state index >= 15 is 0 Å². The third kappa shape index (κ3) is 3.97. The molecule has 4 heteroatoms. The van der Waals surface area contributed by atoms with Crippen LogP contribution in [0.3, 0.4) is 0 Å². The summed E-state index contributed by atoms with van der Waals surface area (Å²) in [5.41, 5.74) is 6.71. The van der Waals surface area contributed by atoms with Crippen molar-refractivity contribution in [2.75, 3.05) is 0 Å². The van der Waals surface area contributed by atoms with Gasteiger partial charge in [-0.1, -0.05) is 36.9 Å². The summed E-state index contributed by atoms with van der Waals surface area (Å²) in [5, 5.41) is 4.16. The number of primary amides is 1. The fourth-order valence-electron chi connectivity index (χ4n) is 2.92. The number of nitrogens with two attached hydrogens (primary N) is 1. The van der Waals surface area contributed by atoms with Crippen molar-refractivity contribution in [3.63, 3.8) is 0 Å². The predicted molar refractivity (Wildman–Crippen MR) is 82.8 cm³/mol. The molecule has 1 unspecified atom stereocenters. The molecule has 1 saturated carbocycles. The topological polar surface area (TPSA) is 55.1 Å². The number of halogens is 1. The van der Waals surface area contributed by atoms with Crippen molar-refractivity contribution in [2.24, 2.45) is 11.7 Å². The minimum absolute atomic E-state index is 0.443. The van der Waals surface area contributed by atoms with Crippen molar-refractivity contribution in [1.29, 1.82) is 0 Å². The molecule has 1 atom stereocenters. The molecule has 0 bridgehead atoms. The van der Waals surface area contributed by atoms with Gasteiger partial charge in [-0.3, -0.25) is 4.79 Å². The van der Waals surface area contributed by atoms with Crippen LogP contribution in [0, 0.1) is 5.92 Å². The highest BCUT2D eigenvalue weighted by molar-refractivity contribution is 6.31. The van der Waals surface area contributed by atoms with Gasteiger partial charge in [0.15, 0.2) is 0 Å². The van der Waals surface area contributed by atoms with Crippen molar-refractivity contribution in [3.8, 4) is 0 Å². The maximum atomic E-state index is 11.1. The van der Waals surface area contributed by atoms with Gasteiger partial charge in [0.1, 0.15) is 0 Å². The molecule has 0 saturated heterocycles. The van der Waals surface area contributed by atoms with Crippen molar-refractivity contribution in [1.82, 2.24) is 5.32 Å². The predicted octanol–water partition coefficient (Wildman–Crippen LogP) is 3.50. The largest absolute Gasteiger partial charge is 0.366 e. The van der Waals surface area contributed by atoms with Crippen LogP contribution in [0.1, 0.15) is 54.9 Å². The molecular formula is C16H23ClN2O. The molecule has 2 rings (SSSR count). The minimum atomic E-state index is -0.443. The Morgan fingerprint density at radius 3 is 2.70 bits per heavy atom. The molecule has 1 amide bonds. The average molecular weight is 295 g/mol. The Hall–Kier alpha value is -1.06. The summed E-state index contributed by atoms with van der Waals surface area (Å²) in [5.74, 6) is 0.328. The number of hydrogen-bond donors (Lipinski definition) is 2. The van der Waals surface area contributed by atoms with E-state index in [-0.39, 0.29) is 0 Å². The molecule has 0 aromatic heterocycles. The summed E-state index contributed by atoms with van der Waals surface area (Å²) in [4.78, 5) is 11.1. The van der Waals surface area contributed by atoms with Gasteiger partial charge in [0, 0.05) is 23.2 Å². The summed E-state index contributed by atoms with van der Waals surface area (Å²) in [6.45, 7) is 2.98. The molecule has 3 N–H and O–H groups in total. The van der Waals surface area contributed by atoms with Crippen molar-refractivity contribution in [3.05, 3.63) is 34.3 Å². The Kier molecular flexibility index (Phi) is 5.44. The standard InChI is InChI=1S/C16H23ClN2O/c1-11(12-5-3-2-4-6-12)19-10-14-8-7-13(16(18)20)9-15(14)17/h7-9,11-12,19H,2-6,10H2,1H3,(H2,18,20). The molecule has 1 aromatic carbocycles. The Labute approximate surface area is 125 Å². The molecule has 0 heterocycles. The highest BCUT2D eigenvalue weighted by atomic mass is 35.5. The Balaban J connectivity index is 1.91. The van der Waals surface area contributed by atoms with Crippen molar-refractivity contribution in [2.45, 2.75) is 51.6 Å². The molecule has 0 aliphatic heterocycles. The van der Waals surface area contributed by atoms with E-state index in [9.17, 15) is 4.79 Å². The van der Waals surface area contributed by atoms with Crippen molar-refractivity contribution >= 4 is 17.5 Å². The molecule has 3 nitrogen and oxygen atoms in total.